The number of nitrogens with one attached hydrogen (secondary N) is 1. The monoisotopic (exact) mass is 213 g/mol. The van der Waals surface area contributed by atoms with Gasteiger partial charge in [-0.3, -0.25) is 0 Å². The maximum absolute atomic E-state index is 3.46. The van der Waals surface area contributed by atoms with Crippen molar-refractivity contribution in [2.24, 2.45) is 0 Å². The molecule has 84 valence electrons. The molecule has 1 saturated heterocycles. The van der Waals surface area contributed by atoms with Gasteiger partial charge < -0.3 is 5.32 Å². The highest BCUT2D eigenvalue weighted by Crippen LogP contribution is 2.37. The van der Waals surface area contributed by atoms with Gasteiger partial charge in [-0.25, -0.2) is 0 Å². The number of hydrogen-bond donors (Lipinski definition) is 1. The van der Waals surface area contributed by atoms with Gasteiger partial charge in [0.25, 0.3) is 0 Å². The third-order valence-electron chi connectivity index (χ3n) is 3.81. The molecule has 0 aromatic heterocycles. The molecular weight excluding hydrogens is 194 g/mol. The van der Waals surface area contributed by atoms with Crippen molar-refractivity contribution in [3.8, 4) is 0 Å². The smallest absolute Gasteiger partial charge is 0.00639 e. The van der Waals surface area contributed by atoms with E-state index >= 15 is 0 Å². The van der Waals surface area contributed by atoms with Gasteiger partial charge in [-0.1, -0.05) is 35.9 Å². The van der Waals surface area contributed by atoms with Crippen molar-refractivity contribution in [2.45, 2.75) is 31.6 Å². The summed E-state index contributed by atoms with van der Waals surface area (Å²) in [6.45, 7) is 2.36. The van der Waals surface area contributed by atoms with Crippen molar-refractivity contribution < 1.29 is 0 Å². The second kappa shape index (κ2) is 4.42. The summed E-state index contributed by atoms with van der Waals surface area (Å²) in [5.74, 6) is 0.712. The normalized spacial score (nSPS) is 27.0. The molecule has 1 atom stereocenters. The predicted octanol–water partition coefficient (Wildman–Crippen LogP) is 3.03. The molecule has 1 aromatic carbocycles. The fourth-order valence-corrected chi connectivity index (χ4v) is 2.84. The van der Waals surface area contributed by atoms with E-state index in [1.54, 1.807) is 16.7 Å². The summed E-state index contributed by atoms with van der Waals surface area (Å²) < 4.78 is 0. The van der Waals surface area contributed by atoms with Gasteiger partial charge in [0.2, 0.25) is 0 Å². The van der Waals surface area contributed by atoms with E-state index in [1.165, 1.54) is 38.8 Å². The largest absolute Gasteiger partial charge is 0.316 e. The van der Waals surface area contributed by atoms with Crippen LogP contribution >= 0.6 is 0 Å². The molecule has 1 nitrogen and oxygen atoms in total. The Morgan fingerprint density at radius 2 is 2.06 bits per heavy atom. The lowest BCUT2D eigenvalue weighted by Gasteiger charge is -2.28. The summed E-state index contributed by atoms with van der Waals surface area (Å²) in [5, 5.41) is 3.46. The van der Waals surface area contributed by atoms with Crippen molar-refractivity contribution in [1.29, 1.82) is 0 Å². The Balaban J connectivity index is 1.74. The van der Waals surface area contributed by atoms with Crippen molar-refractivity contribution in [3.63, 3.8) is 0 Å². The van der Waals surface area contributed by atoms with Crippen molar-refractivity contribution in [1.82, 2.24) is 5.32 Å². The fourth-order valence-electron chi connectivity index (χ4n) is 2.84. The van der Waals surface area contributed by atoms with Crippen LogP contribution in [0.4, 0.5) is 0 Å². The van der Waals surface area contributed by atoms with Gasteiger partial charge in [0.15, 0.2) is 0 Å². The first-order chi connectivity index (χ1) is 7.93. The first kappa shape index (κ1) is 10.1. The van der Waals surface area contributed by atoms with Crippen LogP contribution in [-0.2, 0) is 6.42 Å². The first-order valence-corrected chi connectivity index (χ1v) is 6.41. The molecule has 1 unspecified atom stereocenters. The lowest BCUT2D eigenvalue weighted by molar-refractivity contribution is 0.703. The summed E-state index contributed by atoms with van der Waals surface area (Å²) >= 11 is 0. The van der Waals surface area contributed by atoms with E-state index in [0.29, 0.717) is 5.92 Å². The quantitative estimate of drug-likeness (QED) is 0.707. The second-order valence-electron chi connectivity index (χ2n) is 4.94. The Bertz CT molecular complexity index is 396. The second-order valence-corrected chi connectivity index (χ2v) is 4.94. The highest BCUT2D eigenvalue weighted by molar-refractivity contribution is 5.43. The fraction of sp³-hybridized carbons (Fsp3) is 0.467. The van der Waals surface area contributed by atoms with Crippen molar-refractivity contribution in [3.05, 3.63) is 47.0 Å². The van der Waals surface area contributed by atoms with E-state index < -0.39 is 0 Å². The third kappa shape index (κ3) is 1.92. The van der Waals surface area contributed by atoms with Crippen LogP contribution in [0.5, 0.6) is 0 Å². The zero-order valence-corrected chi connectivity index (χ0v) is 9.71. The van der Waals surface area contributed by atoms with Crippen LogP contribution in [0.2, 0.25) is 0 Å². The highest BCUT2D eigenvalue weighted by atomic mass is 14.8. The van der Waals surface area contributed by atoms with Gasteiger partial charge in [-0.2, -0.15) is 0 Å². The van der Waals surface area contributed by atoms with Crippen molar-refractivity contribution >= 4 is 0 Å². The highest BCUT2D eigenvalue weighted by Gasteiger charge is 2.23. The number of benzene rings is 1. The lowest BCUT2D eigenvalue weighted by atomic mass is 9.76. The minimum atomic E-state index is 0.712. The SMILES string of the molecule is C(=C1\CCCNCC1)/C1Cc2ccccc21. The summed E-state index contributed by atoms with van der Waals surface area (Å²) in [6, 6.07) is 8.87. The van der Waals surface area contributed by atoms with Crippen LogP contribution in [0.15, 0.2) is 35.9 Å². The molecule has 1 aliphatic carbocycles. The van der Waals surface area contributed by atoms with Crippen LogP contribution in [0, 0.1) is 0 Å². The van der Waals surface area contributed by atoms with E-state index in [-0.39, 0.29) is 0 Å². The van der Waals surface area contributed by atoms with E-state index in [0.717, 1.165) is 0 Å². The molecule has 0 amide bonds. The first-order valence-electron chi connectivity index (χ1n) is 6.41. The van der Waals surface area contributed by atoms with Gasteiger partial charge >= 0.3 is 0 Å². The Morgan fingerprint density at radius 3 is 3.00 bits per heavy atom. The summed E-state index contributed by atoms with van der Waals surface area (Å²) in [7, 11) is 0. The molecule has 0 spiro atoms. The van der Waals surface area contributed by atoms with Crippen LogP contribution in [0.25, 0.3) is 0 Å². The number of allylic oxidation sites excluding steroid dienone is 1. The topological polar surface area (TPSA) is 12.0 Å². The summed E-state index contributed by atoms with van der Waals surface area (Å²) in [6.07, 6.45) is 7.65. The minimum Gasteiger partial charge on any atom is -0.316 e. The minimum absolute atomic E-state index is 0.712. The van der Waals surface area contributed by atoms with Crippen LogP contribution in [-0.4, -0.2) is 13.1 Å². The molecule has 1 heterocycles. The third-order valence-corrected chi connectivity index (χ3v) is 3.81. The summed E-state index contributed by atoms with van der Waals surface area (Å²) in [4.78, 5) is 0. The lowest BCUT2D eigenvalue weighted by Crippen LogP contribution is -2.15. The van der Waals surface area contributed by atoms with Gasteiger partial charge in [0, 0.05) is 5.92 Å². The maximum Gasteiger partial charge on any atom is 0.00639 e. The zero-order chi connectivity index (χ0) is 10.8. The molecular formula is C15H19N. The van der Waals surface area contributed by atoms with E-state index in [4.69, 9.17) is 0 Å². The van der Waals surface area contributed by atoms with Crippen LogP contribution < -0.4 is 5.32 Å². The molecule has 3 rings (SSSR count). The average Bonchev–Trinajstić information content (AvgIpc) is 2.54. The number of fused-ring (bicyclic) bond motifs is 1. The molecule has 1 heteroatoms. The molecule has 2 aliphatic rings. The average molecular weight is 213 g/mol. The Kier molecular flexibility index (Phi) is 2.79. The van der Waals surface area contributed by atoms with Gasteiger partial charge in [-0.15, -0.1) is 0 Å². The molecule has 1 aromatic rings. The Hall–Kier alpha value is -1.08. The summed E-state index contributed by atoms with van der Waals surface area (Å²) in [5.41, 5.74) is 4.79. The van der Waals surface area contributed by atoms with E-state index in [2.05, 4.69) is 35.7 Å². The van der Waals surface area contributed by atoms with Crippen LogP contribution in [0.3, 0.4) is 0 Å². The Labute approximate surface area is 97.6 Å². The zero-order valence-electron chi connectivity index (χ0n) is 9.71. The van der Waals surface area contributed by atoms with Crippen molar-refractivity contribution in [2.75, 3.05) is 13.1 Å². The van der Waals surface area contributed by atoms with E-state index in [9.17, 15) is 0 Å². The standard InChI is InChI=1S/C15H19N/c1-2-6-15-13(5-1)11-14(15)10-12-4-3-8-16-9-7-12/h1-2,5-6,10,14,16H,3-4,7-9,11H2/b12-10-. The maximum atomic E-state index is 3.46. The van der Waals surface area contributed by atoms with Crippen LogP contribution in [0.1, 0.15) is 36.3 Å². The van der Waals surface area contributed by atoms with Gasteiger partial charge in [0.05, 0.1) is 0 Å². The molecule has 1 N–H and O–H groups in total. The number of rotatable bonds is 1. The van der Waals surface area contributed by atoms with E-state index in [1.807, 2.05) is 0 Å². The Morgan fingerprint density at radius 1 is 1.12 bits per heavy atom. The molecule has 0 saturated carbocycles. The molecule has 0 bridgehead atoms. The number of hydrogen-bond acceptors (Lipinski definition) is 1. The van der Waals surface area contributed by atoms with Gasteiger partial charge in [-0.05, 0) is 49.9 Å². The van der Waals surface area contributed by atoms with Gasteiger partial charge in [0.1, 0.15) is 0 Å². The molecule has 0 radical (unpaired) electrons. The molecule has 1 fully saturated rings. The molecule has 1 aliphatic heterocycles. The molecule has 16 heavy (non-hydrogen) atoms. The predicted molar refractivity (Wildman–Crippen MR) is 67.7 cm³/mol.